The van der Waals surface area contributed by atoms with Crippen LogP contribution in [-0.4, -0.2) is 11.8 Å². The van der Waals surface area contributed by atoms with Crippen molar-refractivity contribution in [3.63, 3.8) is 0 Å². The lowest BCUT2D eigenvalue weighted by molar-refractivity contribution is 0.660. The third-order valence-electron chi connectivity index (χ3n) is 10.8. The van der Waals surface area contributed by atoms with Gasteiger partial charge in [0.25, 0.3) is 0 Å². The summed E-state index contributed by atoms with van der Waals surface area (Å²) in [5.74, 6) is 0. The Hall–Kier alpha value is -5.54. The van der Waals surface area contributed by atoms with Gasteiger partial charge in [-0.15, -0.1) is 0 Å². The monoisotopic (exact) mass is 599 g/mol. The van der Waals surface area contributed by atoms with Crippen molar-refractivity contribution in [2.45, 2.75) is 26.2 Å². The first-order valence-corrected chi connectivity index (χ1v) is 16.5. The number of aromatic nitrogens is 1. The number of para-hydroxylation sites is 3. The van der Waals surface area contributed by atoms with Crippen molar-refractivity contribution in [2.24, 2.45) is 0 Å². The number of hydrogen-bond donors (Lipinski definition) is 1. The van der Waals surface area contributed by atoms with Crippen LogP contribution in [0.1, 0.15) is 30.5 Å². The van der Waals surface area contributed by atoms with Crippen molar-refractivity contribution in [1.29, 1.82) is 0 Å². The van der Waals surface area contributed by atoms with E-state index in [2.05, 4.69) is 171 Å². The highest BCUT2D eigenvalue weighted by molar-refractivity contribution is 6.74. The summed E-state index contributed by atoms with van der Waals surface area (Å²) in [4.78, 5) is 0. The lowest BCUT2D eigenvalue weighted by Gasteiger charge is -2.28. The van der Waals surface area contributed by atoms with E-state index in [-0.39, 0.29) is 5.41 Å². The van der Waals surface area contributed by atoms with E-state index >= 15 is 0 Å². The molecule has 1 radical (unpaired) electrons. The minimum Gasteiger partial charge on any atom is -0.354 e. The summed E-state index contributed by atoms with van der Waals surface area (Å²) in [6.07, 6.45) is 0. The summed E-state index contributed by atoms with van der Waals surface area (Å²) >= 11 is 0. The quantitative estimate of drug-likeness (QED) is 0.200. The number of nitrogens with zero attached hydrogens (tertiary/aromatic N) is 1. The molecule has 47 heavy (non-hydrogen) atoms. The first-order valence-electron chi connectivity index (χ1n) is 16.5. The Kier molecular flexibility index (Phi) is 5.39. The van der Waals surface area contributed by atoms with Gasteiger partial charge in [-0.25, -0.2) is 0 Å². The number of aryl methyl sites for hydroxylation is 1. The Labute approximate surface area is 275 Å². The van der Waals surface area contributed by atoms with Crippen LogP contribution in [0.15, 0.2) is 133 Å². The molecule has 221 valence electrons. The van der Waals surface area contributed by atoms with Crippen LogP contribution in [0.3, 0.4) is 0 Å². The zero-order valence-corrected chi connectivity index (χ0v) is 26.7. The van der Waals surface area contributed by atoms with Gasteiger partial charge in [-0.1, -0.05) is 135 Å². The fourth-order valence-corrected chi connectivity index (χ4v) is 8.52. The van der Waals surface area contributed by atoms with Crippen molar-refractivity contribution in [3.8, 4) is 27.9 Å². The fourth-order valence-electron chi connectivity index (χ4n) is 8.52. The molecule has 3 heteroatoms. The SMILES string of the molecule is Cc1ccccc1Nc1c(-c2c3c(cc4ccccc24)-n2c4ccccc4c4cccc(c42)[B]3)ccc2c1-c1ccccc1C2(C)C. The molecule has 7 aromatic carbocycles. The Morgan fingerprint density at radius 2 is 1.36 bits per heavy atom. The van der Waals surface area contributed by atoms with Crippen LogP contribution in [0.5, 0.6) is 0 Å². The fraction of sp³-hybridized carbons (Fsp3) is 0.0909. The molecule has 0 saturated heterocycles. The third-order valence-corrected chi connectivity index (χ3v) is 10.8. The molecule has 0 amide bonds. The molecule has 0 unspecified atom stereocenters. The molecule has 0 spiro atoms. The molecule has 2 nitrogen and oxygen atoms in total. The standard InChI is InChI=1S/C44H32BN2/c1-26-13-4-10-21-36(26)46-42-32(23-24-34-40(42)31-17-7-9-19-33(31)44(34,2)3)39-28-15-6-5-14-27(28)25-38-41(39)45-35-20-12-18-30-29-16-8-11-22-37(29)47(38)43(30)35/h4-25,46H,1-3H3. The molecular formula is C44H32BN2. The van der Waals surface area contributed by atoms with Crippen LogP contribution in [-0.2, 0) is 5.41 Å². The third kappa shape index (κ3) is 3.57. The molecule has 0 saturated carbocycles. The van der Waals surface area contributed by atoms with Crippen LogP contribution in [0, 0.1) is 6.92 Å². The highest BCUT2D eigenvalue weighted by Crippen LogP contribution is 2.54. The largest absolute Gasteiger partial charge is 0.354 e. The summed E-state index contributed by atoms with van der Waals surface area (Å²) in [7, 11) is 2.43. The average Bonchev–Trinajstić information content (AvgIpc) is 3.56. The topological polar surface area (TPSA) is 17.0 Å². The van der Waals surface area contributed by atoms with Crippen molar-refractivity contribution in [3.05, 3.63) is 150 Å². The Balaban J connectivity index is 1.36. The molecule has 1 aliphatic heterocycles. The van der Waals surface area contributed by atoms with E-state index in [9.17, 15) is 0 Å². The van der Waals surface area contributed by atoms with E-state index in [4.69, 9.17) is 0 Å². The molecule has 2 heterocycles. The Morgan fingerprint density at radius 3 is 2.26 bits per heavy atom. The van der Waals surface area contributed by atoms with Crippen molar-refractivity contribution < 1.29 is 0 Å². The predicted octanol–water partition coefficient (Wildman–Crippen LogP) is 9.93. The number of nitrogens with one attached hydrogen (secondary N) is 1. The molecule has 0 bridgehead atoms. The highest BCUT2D eigenvalue weighted by Gasteiger charge is 2.38. The van der Waals surface area contributed by atoms with Gasteiger partial charge in [0.2, 0.25) is 0 Å². The molecule has 1 aromatic heterocycles. The van der Waals surface area contributed by atoms with Gasteiger partial charge < -0.3 is 9.88 Å². The predicted molar refractivity (Wildman–Crippen MR) is 201 cm³/mol. The van der Waals surface area contributed by atoms with E-state index < -0.39 is 0 Å². The summed E-state index contributed by atoms with van der Waals surface area (Å²) in [6.45, 7) is 6.92. The second-order valence-corrected chi connectivity index (χ2v) is 13.7. The van der Waals surface area contributed by atoms with Crippen LogP contribution in [0.4, 0.5) is 11.4 Å². The van der Waals surface area contributed by atoms with E-state index in [1.165, 1.54) is 93.8 Å². The molecule has 0 fully saturated rings. The molecule has 1 N–H and O–H groups in total. The minimum atomic E-state index is -0.106. The van der Waals surface area contributed by atoms with Gasteiger partial charge >= 0.3 is 0 Å². The first-order chi connectivity index (χ1) is 23.0. The smallest absolute Gasteiger partial charge is 0.197 e. The maximum Gasteiger partial charge on any atom is 0.197 e. The second kappa shape index (κ2) is 9.50. The number of rotatable bonds is 3. The van der Waals surface area contributed by atoms with Crippen molar-refractivity contribution in [2.75, 3.05) is 5.32 Å². The highest BCUT2D eigenvalue weighted by atomic mass is 15.0. The zero-order chi connectivity index (χ0) is 31.4. The number of fused-ring (bicyclic) bond motifs is 9. The van der Waals surface area contributed by atoms with Gasteiger partial charge in [-0.05, 0) is 69.2 Å². The molecule has 0 atom stereocenters. The van der Waals surface area contributed by atoms with Gasteiger partial charge in [0.1, 0.15) is 0 Å². The van der Waals surface area contributed by atoms with Crippen LogP contribution < -0.4 is 16.2 Å². The molecule has 10 rings (SSSR count). The van der Waals surface area contributed by atoms with Gasteiger partial charge in [0.15, 0.2) is 7.28 Å². The van der Waals surface area contributed by atoms with Crippen molar-refractivity contribution >= 4 is 62.2 Å². The Bertz CT molecular complexity index is 2620. The van der Waals surface area contributed by atoms with E-state index in [0.29, 0.717) is 0 Å². The van der Waals surface area contributed by atoms with Crippen LogP contribution >= 0.6 is 0 Å². The molecule has 1 aliphatic carbocycles. The van der Waals surface area contributed by atoms with Gasteiger partial charge in [0, 0.05) is 44.2 Å². The van der Waals surface area contributed by atoms with Gasteiger partial charge in [-0.3, -0.25) is 0 Å². The van der Waals surface area contributed by atoms with Gasteiger partial charge in [-0.2, -0.15) is 0 Å². The maximum absolute atomic E-state index is 4.03. The van der Waals surface area contributed by atoms with E-state index in [1.807, 2.05) is 0 Å². The lowest BCUT2D eigenvalue weighted by Crippen LogP contribution is -2.37. The maximum atomic E-state index is 4.03. The summed E-state index contributed by atoms with van der Waals surface area (Å²) in [6, 6.07) is 49.3. The summed E-state index contributed by atoms with van der Waals surface area (Å²) in [5, 5.41) is 9.12. The van der Waals surface area contributed by atoms with Crippen LogP contribution in [0.25, 0.3) is 60.5 Å². The molecule has 8 aromatic rings. The van der Waals surface area contributed by atoms with Crippen molar-refractivity contribution in [1.82, 2.24) is 4.57 Å². The summed E-state index contributed by atoms with van der Waals surface area (Å²) < 4.78 is 2.51. The Morgan fingerprint density at radius 1 is 0.617 bits per heavy atom. The van der Waals surface area contributed by atoms with Gasteiger partial charge in [0.05, 0.1) is 11.2 Å². The van der Waals surface area contributed by atoms with E-state index in [0.717, 1.165) is 5.69 Å². The number of hydrogen-bond acceptors (Lipinski definition) is 1. The average molecular weight is 600 g/mol. The number of benzene rings is 7. The minimum absolute atomic E-state index is 0.106. The zero-order valence-electron chi connectivity index (χ0n) is 26.7. The lowest BCUT2D eigenvalue weighted by atomic mass is 9.58. The first kappa shape index (κ1) is 26.7. The molecule has 2 aliphatic rings. The van der Waals surface area contributed by atoms with E-state index in [1.54, 1.807) is 0 Å². The second-order valence-electron chi connectivity index (χ2n) is 13.7. The van der Waals surface area contributed by atoms with Crippen LogP contribution in [0.2, 0.25) is 0 Å². The molecular weight excluding hydrogens is 567 g/mol. The summed E-state index contributed by atoms with van der Waals surface area (Å²) in [5.41, 5.74) is 17.5. The normalized spacial score (nSPS) is 13.8. The number of anilines is 2.